The highest BCUT2D eigenvalue weighted by Gasteiger charge is 2.48. The summed E-state index contributed by atoms with van der Waals surface area (Å²) in [6.07, 6.45) is 2.86. The molecule has 0 unspecified atom stereocenters. The minimum Gasteiger partial charge on any atom is -0.342 e. The Bertz CT molecular complexity index is 733. The van der Waals surface area contributed by atoms with E-state index < -0.39 is 0 Å². The molecule has 1 atom stereocenters. The lowest BCUT2D eigenvalue weighted by Crippen LogP contribution is -2.36. The van der Waals surface area contributed by atoms with Gasteiger partial charge < -0.3 is 9.80 Å². The first kappa shape index (κ1) is 14.2. The van der Waals surface area contributed by atoms with E-state index in [0.29, 0.717) is 0 Å². The van der Waals surface area contributed by atoms with Gasteiger partial charge in [-0.3, -0.25) is 4.79 Å². The third kappa shape index (κ3) is 2.08. The Balaban J connectivity index is 1.80. The minimum atomic E-state index is 0.0243. The summed E-state index contributed by atoms with van der Waals surface area (Å²) in [6.45, 7) is 4.20. The molecule has 1 saturated heterocycles. The van der Waals surface area contributed by atoms with Crippen LogP contribution in [0.1, 0.15) is 18.9 Å². The van der Waals surface area contributed by atoms with Gasteiger partial charge in [-0.25, -0.2) is 4.98 Å². The van der Waals surface area contributed by atoms with Gasteiger partial charge in [0.1, 0.15) is 0 Å². The van der Waals surface area contributed by atoms with E-state index in [-0.39, 0.29) is 11.3 Å². The number of thiazole rings is 1. The van der Waals surface area contributed by atoms with Gasteiger partial charge in [0.05, 0.1) is 0 Å². The van der Waals surface area contributed by atoms with E-state index >= 15 is 0 Å². The molecule has 0 radical (unpaired) electrons. The van der Waals surface area contributed by atoms with Crippen LogP contribution in [-0.2, 0) is 10.2 Å². The number of fused-ring (bicyclic) bond motifs is 2. The van der Waals surface area contributed by atoms with E-state index in [4.69, 9.17) is 0 Å². The van der Waals surface area contributed by atoms with Crippen molar-refractivity contribution in [2.75, 3.05) is 24.5 Å². The summed E-state index contributed by atoms with van der Waals surface area (Å²) in [7, 11) is 0. The molecule has 1 aromatic carbocycles. The molecule has 2 aliphatic heterocycles. The number of hydrogen-bond acceptors (Lipinski definition) is 4. The third-order valence-corrected chi connectivity index (χ3v) is 6.02. The number of hydrogen-bond donors (Lipinski definition) is 0. The van der Waals surface area contributed by atoms with E-state index in [9.17, 15) is 4.79 Å². The van der Waals surface area contributed by atoms with E-state index in [0.717, 1.165) is 35.7 Å². The fraction of sp³-hybridized carbons (Fsp3) is 0.375. The summed E-state index contributed by atoms with van der Waals surface area (Å²) in [5.74, 6) is 0.168. The van der Waals surface area contributed by atoms with Crippen molar-refractivity contribution in [3.05, 3.63) is 39.8 Å². The minimum absolute atomic E-state index is 0.0243. The van der Waals surface area contributed by atoms with Crippen LogP contribution in [0, 0.1) is 0 Å². The smallest absolute Gasteiger partial charge is 0.219 e. The van der Waals surface area contributed by atoms with Gasteiger partial charge in [-0.05, 0) is 30.2 Å². The number of halogens is 1. The topological polar surface area (TPSA) is 36.4 Å². The summed E-state index contributed by atoms with van der Waals surface area (Å²) >= 11 is 5.26. The molecular weight excluding hydrogens is 362 g/mol. The first-order chi connectivity index (χ1) is 10.6. The molecule has 0 bridgehead atoms. The van der Waals surface area contributed by atoms with E-state index in [1.165, 1.54) is 11.3 Å². The normalized spacial score (nSPS) is 23.4. The molecule has 2 aliphatic rings. The van der Waals surface area contributed by atoms with Crippen LogP contribution in [-0.4, -0.2) is 35.4 Å². The van der Waals surface area contributed by atoms with Crippen LogP contribution in [0.3, 0.4) is 0 Å². The van der Waals surface area contributed by atoms with Crippen LogP contribution in [0.15, 0.2) is 34.2 Å². The van der Waals surface area contributed by atoms with Crippen LogP contribution < -0.4 is 4.90 Å². The van der Waals surface area contributed by atoms with Crippen molar-refractivity contribution in [1.82, 2.24) is 9.88 Å². The average Bonchev–Trinajstić information content (AvgIpc) is 3.20. The van der Waals surface area contributed by atoms with Crippen LogP contribution >= 0.6 is 27.3 Å². The summed E-state index contributed by atoms with van der Waals surface area (Å²) < 4.78 is 1.09. The van der Waals surface area contributed by atoms with Crippen LogP contribution in [0.4, 0.5) is 10.8 Å². The molecule has 6 heteroatoms. The summed E-state index contributed by atoms with van der Waals surface area (Å²) in [4.78, 5) is 20.5. The number of benzene rings is 1. The Morgan fingerprint density at radius 3 is 2.95 bits per heavy atom. The molecule has 1 fully saturated rings. The van der Waals surface area contributed by atoms with Crippen molar-refractivity contribution in [3.8, 4) is 0 Å². The molecule has 0 saturated carbocycles. The second-order valence-electron chi connectivity index (χ2n) is 6.03. The van der Waals surface area contributed by atoms with Crippen molar-refractivity contribution in [3.63, 3.8) is 0 Å². The SMILES string of the molecule is CC(=O)N1CC[C@@]2(C1)CN(c1nccs1)c1ccc(Br)cc12. The zero-order valence-corrected chi connectivity index (χ0v) is 14.7. The quantitative estimate of drug-likeness (QED) is 0.762. The summed E-state index contributed by atoms with van der Waals surface area (Å²) in [5, 5.41) is 3.04. The number of anilines is 2. The Morgan fingerprint density at radius 2 is 2.27 bits per heavy atom. The molecule has 0 N–H and O–H groups in total. The van der Waals surface area contributed by atoms with Crippen molar-refractivity contribution < 1.29 is 4.79 Å². The van der Waals surface area contributed by atoms with Gasteiger partial charge in [-0.1, -0.05) is 15.9 Å². The molecule has 4 rings (SSSR count). The Morgan fingerprint density at radius 1 is 1.41 bits per heavy atom. The van der Waals surface area contributed by atoms with Crippen molar-refractivity contribution in [2.45, 2.75) is 18.8 Å². The molecule has 0 aliphatic carbocycles. The van der Waals surface area contributed by atoms with E-state index in [2.05, 4.69) is 44.0 Å². The van der Waals surface area contributed by atoms with Crippen molar-refractivity contribution in [2.24, 2.45) is 0 Å². The molecule has 4 nitrogen and oxygen atoms in total. The number of nitrogens with zero attached hydrogens (tertiary/aromatic N) is 3. The third-order valence-electron chi connectivity index (χ3n) is 4.73. The van der Waals surface area contributed by atoms with Gasteiger partial charge in [0.2, 0.25) is 5.91 Å². The van der Waals surface area contributed by atoms with Crippen molar-refractivity contribution >= 4 is 44.0 Å². The average molecular weight is 378 g/mol. The maximum absolute atomic E-state index is 11.8. The van der Waals surface area contributed by atoms with Gasteiger partial charge >= 0.3 is 0 Å². The Kier molecular flexibility index (Phi) is 3.27. The lowest BCUT2D eigenvalue weighted by molar-refractivity contribution is -0.127. The Labute approximate surface area is 141 Å². The molecule has 114 valence electrons. The maximum Gasteiger partial charge on any atom is 0.219 e. The van der Waals surface area contributed by atoms with Gasteiger partial charge in [0, 0.05) is 53.7 Å². The van der Waals surface area contributed by atoms with Crippen LogP contribution in [0.5, 0.6) is 0 Å². The predicted molar refractivity (Wildman–Crippen MR) is 91.8 cm³/mol. The summed E-state index contributed by atoms with van der Waals surface area (Å²) in [5.41, 5.74) is 2.58. The summed E-state index contributed by atoms with van der Waals surface area (Å²) in [6, 6.07) is 6.45. The zero-order chi connectivity index (χ0) is 15.3. The lowest BCUT2D eigenvalue weighted by atomic mass is 9.81. The fourth-order valence-electron chi connectivity index (χ4n) is 3.65. The number of carbonyl (C=O) groups excluding carboxylic acids is 1. The molecule has 1 spiro atoms. The molecular formula is C16H16BrN3OS. The molecule has 2 aromatic rings. The van der Waals surface area contributed by atoms with Gasteiger partial charge in [0.15, 0.2) is 5.13 Å². The Hall–Kier alpha value is -1.40. The highest BCUT2D eigenvalue weighted by atomic mass is 79.9. The zero-order valence-electron chi connectivity index (χ0n) is 12.3. The number of amides is 1. The van der Waals surface area contributed by atoms with Crippen molar-refractivity contribution in [1.29, 1.82) is 0 Å². The van der Waals surface area contributed by atoms with Crippen LogP contribution in [0.2, 0.25) is 0 Å². The fourth-order valence-corrected chi connectivity index (χ4v) is 4.67. The van der Waals surface area contributed by atoms with Gasteiger partial charge in [0.25, 0.3) is 0 Å². The van der Waals surface area contributed by atoms with Gasteiger partial charge in [-0.15, -0.1) is 11.3 Å². The second-order valence-corrected chi connectivity index (χ2v) is 7.82. The largest absolute Gasteiger partial charge is 0.342 e. The first-order valence-corrected chi connectivity index (χ1v) is 8.99. The highest BCUT2D eigenvalue weighted by Crippen LogP contribution is 2.50. The molecule has 22 heavy (non-hydrogen) atoms. The lowest BCUT2D eigenvalue weighted by Gasteiger charge is -2.25. The number of likely N-dealkylation sites (tertiary alicyclic amines) is 1. The van der Waals surface area contributed by atoms with E-state index in [1.807, 2.05) is 16.5 Å². The van der Waals surface area contributed by atoms with Gasteiger partial charge in [-0.2, -0.15) is 0 Å². The number of rotatable bonds is 1. The predicted octanol–water partition coefficient (Wildman–Crippen LogP) is 3.55. The monoisotopic (exact) mass is 377 g/mol. The number of carbonyl (C=O) groups is 1. The number of aromatic nitrogens is 1. The highest BCUT2D eigenvalue weighted by molar-refractivity contribution is 9.10. The van der Waals surface area contributed by atoms with Crippen LogP contribution in [0.25, 0.3) is 0 Å². The maximum atomic E-state index is 11.8. The standard InChI is InChI=1S/C16H16BrN3OS/c1-11(21)19-6-4-16(9-19)10-20(15-18-5-7-22-15)14-3-2-12(17)8-13(14)16/h2-3,5,7-8H,4,6,9-10H2,1H3/t16-/m1/s1. The molecule has 3 heterocycles. The molecule has 1 amide bonds. The first-order valence-electron chi connectivity index (χ1n) is 7.32. The van der Waals surface area contributed by atoms with E-state index in [1.54, 1.807) is 18.3 Å². The molecule has 1 aromatic heterocycles. The second kappa shape index (κ2) is 5.06.